The van der Waals surface area contributed by atoms with E-state index in [1.807, 2.05) is 39.6 Å². The Balaban J connectivity index is 3.96. The van der Waals surface area contributed by atoms with Gasteiger partial charge in [0.15, 0.2) is 0 Å². The molecule has 7 nitrogen and oxygen atoms in total. The molecular weight excluding hydrogens is 310 g/mol. The van der Waals surface area contributed by atoms with Crippen molar-refractivity contribution in [1.82, 2.24) is 10.2 Å². The lowest BCUT2D eigenvalue weighted by molar-refractivity contribution is -0.122. The van der Waals surface area contributed by atoms with Crippen LogP contribution in [-0.2, 0) is 14.3 Å². The quantitative estimate of drug-likeness (QED) is 0.447. The number of nitrogens with zero attached hydrogens (tertiary/aromatic N) is 1. The Hall–Kier alpha value is -1.18. The van der Waals surface area contributed by atoms with Crippen LogP contribution in [0.15, 0.2) is 0 Å². The van der Waals surface area contributed by atoms with E-state index in [-0.39, 0.29) is 29.3 Å². The maximum Gasteiger partial charge on any atom is 0.221 e. The molecule has 0 aliphatic rings. The second-order valence-corrected chi connectivity index (χ2v) is 8.03. The number of amides is 2. The molecule has 7 heteroatoms. The first-order valence-electron chi connectivity index (χ1n) is 8.40. The molecule has 0 aromatic rings. The van der Waals surface area contributed by atoms with Gasteiger partial charge in [0.25, 0.3) is 0 Å². The van der Waals surface area contributed by atoms with Crippen LogP contribution in [0.25, 0.3) is 0 Å². The number of aliphatic hydroxyl groups is 1. The second kappa shape index (κ2) is 10.6. The number of hydrogen-bond donors (Lipinski definition) is 3. The van der Waals surface area contributed by atoms with Crippen molar-refractivity contribution >= 4 is 11.8 Å². The lowest BCUT2D eigenvalue weighted by Crippen LogP contribution is -2.39. The van der Waals surface area contributed by atoms with Crippen LogP contribution in [0, 0.1) is 10.8 Å². The number of hydrogen-bond acceptors (Lipinski definition) is 5. The van der Waals surface area contributed by atoms with E-state index in [2.05, 4.69) is 5.32 Å². The zero-order valence-electron chi connectivity index (χ0n) is 15.9. The number of nitrogens with two attached hydrogens (primary N) is 1. The highest BCUT2D eigenvalue weighted by molar-refractivity contribution is 5.76. The van der Waals surface area contributed by atoms with E-state index in [1.54, 1.807) is 0 Å². The molecule has 0 atom stereocenters. The van der Waals surface area contributed by atoms with Crippen LogP contribution in [0.1, 0.15) is 40.5 Å². The predicted molar refractivity (Wildman–Crippen MR) is 94.4 cm³/mol. The average molecular weight is 345 g/mol. The van der Waals surface area contributed by atoms with E-state index in [4.69, 9.17) is 10.5 Å². The molecule has 2 amide bonds. The summed E-state index contributed by atoms with van der Waals surface area (Å²) in [6, 6.07) is 0. The Morgan fingerprint density at radius 3 is 2.17 bits per heavy atom. The van der Waals surface area contributed by atoms with E-state index in [9.17, 15) is 14.7 Å². The highest BCUT2D eigenvalue weighted by Gasteiger charge is 2.22. The van der Waals surface area contributed by atoms with Crippen molar-refractivity contribution in [3.63, 3.8) is 0 Å². The van der Waals surface area contributed by atoms with Gasteiger partial charge in [0.1, 0.15) is 0 Å². The van der Waals surface area contributed by atoms with Gasteiger partial charge in [-0.3, -0.25) is 9.59 Å². The minimum absolute atomic E-state index is 0.0234. The fourth-order valence-electron chi connectivity index (χ4n) is 1.83. The van der Waals surface area contributed by atoms with Gasteiger partial charge in [0, 0.05) is 43.3 Å². The number of rotatable bonds is 13. The minimum atomic E-state index is -0.336. The number of nitrogens with one attached hydrogen (secondary N) is 1. The van der Waals surface area contributed by atoms with E-state index in [0.29, 0.717) is 45.7 Å². The summed E-state index contributed by atoms with van der Waals surface area (Å²) in [5.74, 6) is -0.359. The van der Waals surface area contributed by atoms with Crippen molar-refractivity contribution in [3.8, 4) is 0 Å². The van der Waals surface area contributed by atoms with Gasteiger partial charge in [-0.2, -0.15) is 0 Å². The zero-order valence-corrected chi connectivity index (χ0v) is 15.9. The first-order chi connectivity index (χ1) is 11.0. The van der Waals surface area contributed by atoms with Gasteiger partial charge < -0.3 is 25.8 Å². The Bertz CT molecular complexity index is 397. The van der Waals surface area contributed by atoms with Crippen molar-refractivity contribution in [2.45, 2.75) is 40.5 Å². The molecule has 0 aliphatic heterocycles. The van der Waals surface area contributed by atoms with Gasteiger partial charge in [-0.05, 0) is 7.05 Å². The first-order valence-corrected chi connectivity index (χ1v) is 8.40. The van der Waals surface area contributed by atoms with Crippen molar-refractivity contribution < 1.29 is 19.4 Å². The SMILES string of the molecule is CN(CCC(N)=O)CCC(=O)NCC(C)(C)COCC(C)(C)CO. The van der Waals surface area contributed by atoms with Gasteiger partial charge in [0.05, 0.1) is 19.8 Å². The summed E-state index contributed by atoms with van der Waals surface area (Å²) in [4.78, 5) is 24.5. The lowest BCUT2D eigenvalue weighted by Gasteiger charge is -2.28. The van der Waals surface area contributed by atoms with Gasteiger partial charge in [-0.25, -0.2) is 0 Å². The summed E-state index contributed by atoms with van der Waals surface area (Å²) in [6.07, 6.45) is 0.677. The Labute approximate surface area is 145 Å². The van der Waals surface area contributed by atoms with E-state index in [0.717, 1.165) is 0 Å². The summed E-state index contributed by atoms with van der Waals surface area (Å²) < 4.78 is 5.68. The van der Waals surface area contributed by atoms with Gasteiger partial charge in [0.2, 0.25) is 11.8 Å². The van der Waals surface area contributed by atoms with Crippen LogP contribution in [0.2, 0.25) is 0 Å². The molecule has 0 bridgehead atoms. The van der Waals surface area contributed by atoms with E-state index < -0.39 is 0 Å². The first kappa shape index (κ1) is 22.8. The highest BCUT2D eigenvalue weighted by Crippen LogP contribution is 2.18. The summed E-state index contributed by atoms with van der Waals surface area (Å²) in [5.41, 5.74) is 4.66. The summed E-state index contributed by atoms with van der Waals surface area (Å²) in [5, 5.41) is 12.1. The molecule has 0 aromatic carbocycles. The van der Waals surface area contributed by atoms with Crippen LogP contribution in [0.5, 0.6) is 0 Å². The standard InChI is InChI=1S/C17H35N3O4/c1-16(2,12-24-13-17(3,4)11-21)10-19-15(23)7-9-20(5)8-6-14(18)22/h21H,6-13H2,1-5H3,(H2,18,22)(H,19,23). The smallest absolute Gasteiger partial charge is 0.221 e. The predicted octanol–water partition coefficient (Wildman–Crippen LogP) is 0.361. The molecular formula is C17H35N3O4. The van der Waals surface area contributed by atoms with Crippen LogP contribution in [0.3, 0.4) is 0 Å². The minimum Gasteiger partial charge on any atom is -0.396 e. The molecule has 0 heterocycles. The molecule has 0 aliphatic carbocycles. The third-order valence-corrected chi connectivity index (χ3v) is 3.64. The summed E-state index contributed by atoms with van der Waals surface area (Å²) >= 11 is 0. The van der Waals surface area contributed by atoms with E-state index in [1.165, 1.54) is 0 Å². The molecule has 0 saturated heterocycles. The maximum absolute atomic E-state index is 11.9. The van der Waals surface area contributed by atoms with Crippen LogP contribution in [-0.4, -0.2) is 68.3 Å². The molecule has 0 rings (SSSR count). The lowest BCUT2D eigenvalue weighted by atomic mass is 9.93. The molecule has 24 heavy (non-hydrogen) atoms. The molecule has 0 aromatic heterocycles. The van der Waals surface area contributed by atoms with Crippen molar-refractivity contribution in [2.24, 2.45) is 16.6 Å². The topological polar surface area (TPSA) is 105 Å². The van der Waals surface area contributed by atoms with Crippen molar-refractivity contribution in [3.05, 3.63) is 0 Å². The molecule has 0 saturated carbocycles. The van der Waals surface area contributed by atoms with Crippen molar-refractivity contribution in [1.29, 1.82) is 0 Å². The van der Waals surface area contributed by atoms with Crippen LogP contribution in [0.4, 0.5) is 0 Å². The average Bonchev–Trinajstić information content (AvgIpc) is 2.48. The maximum atomic E-state index is 11.9. The highest BCUT2D eigenvalue weighted by atomic mass is 16.5. The molecule has 0 unspecified atom stereocenters. The molecule has 0 fully saturated rings. The monoisotopic (exact) mass is 345 g/mol. The zero-order chi connectivity index (χ0) is 18.8. The Morgan fingerprint density at radius 1 is 1.08 bits per heavy atom. The third-order valence-electron chi connectivity index (χ3n) is 3.64. The number of carbonyl (C=O) groups is 2. The van der Waals surface area contributed by atoms with Crippen LogP contribution < -0.4 is 11.1 Å². The largest absolute Gasteiger partial charge is 0.396 e. The van der Waals surface area contributed by atoms with Gasteiger partial charge >= 0.3 is 0 Å². The van der Waals surface area contributed by atoms with E-state index >= 15 is 0 Å². The van der Waals surface area contributed by atoms with Crippen molar-refractivity contribution in [2.75, 3.05) is 46.5 Å². The normalized spacial score (nSPS) is 12.5. The third kappa shape index (κ3) is 12.3. The fraction of sp³-hybridized carbons (Fsp3) is 0.882. The molecule has 142 valence electrons. The van der Waals surface area contributed by atoms with Crippen LogP contribution >= 0.6 is 0 Å². The number of carbonyl (C=O) groups excluding carboxylic acids is 2. The van der Waals surface area contributed by atoms with Gasteiger partial charge in [-0.1, -0.05) is 27.7 Å². The number of primary amides is 1. The number of ether oxygens (including phenoxy) is 1. The summed E-state index contributed by atoms with van der Waals surface area (Å²) in [7, 11) is 1.86. The molecule has 0 spiro atoms. The van der Waals surface area contributed by atoms with Gasteiger partial charge in [-0.15, -0.1) is 0 Å². The second-order valence-electron chi connectivity index (χ2n) is 8.03. The molecule has 0 radical (unpaired) electrons. The fourth-order valence-corrected chi connectivity index (χ4v) is 1.83. The summed E-state index contributed by atoms with van der Waals surface area (Å²) in [6.45, 7) is 10.7. The Morgan fingerprint density at radius 2 is 1.62 bits per heavy atom. The number of aliphatic hydroxyl groups excluding tert-OH is 1. The molecule has 4 N–H and O–H groups in total. The Kier molecular flexibility index (Phi) is 10.1.